The summed E-state index contributed by atoms with van der Waals surface area (Å²) < 4.78 is 0. The van der Waals surface area contributed by atoms with Gasteiger partial charge in [0.15, 0.2) is 5.78 Å². The first kappa shape index (κ1) is 8.25. The molecule has 0 unspecified atom stereocenters. The molecule has 11 heavy (non-hydrogen) atoms. The van der Waals surface area contributed by atoms with Crippen molar-refractivity contribution in [1.29, 1.82) is 0 Å². The quantitative estimate of drug-likeness (QED) is 0.485. The number of ketones is 1. The Balaban J connectivity index is 0.000000112. The van der Waals surface area contributed by atoms with Gasteiger partial charge in [0.05, 0.1) is 0 Å². The van der Waals surface area contributed by atoms with E-state index in [-0.39, 0.29) is 5.78 Å². The Labute approximate surface area is 67.8 Å². The van der Waals surface area contributed by atoms with Gasteiger partial charge in [0.1, 0.15) is 0 Å². The molecule has 0 aromatic carbocycles. The summed E-state index contributed by atoms with van der Waals surface area (Å²) in [6, 6.07) is 0. The van der Waals surface area contributed by atoms with Crippen molar-refractivity contribution in [3.8, 4) is 0 Å². The Hall–Kier alpha value is -0.850. The highest BCUT2D eigenvalue weighted by atomic mass is 16.1. The Morgan fingerprint density at radius 1 is 1.00 bits per heavy atom. The molecule has 2 aliphatic rings. The van der Waals surface area contributed by atoms with Crippen molar-refractivity contribution in [2.24, 2.45) is 0 Å². The molecular weight excluding hydrogens is 136 g/mol. The topological polar surface area (TPSA) is 17.1 Å². The lowest BCUT2D eigenvalue weighted by Gasteiger charge is -1.71. The number of rotatable bonds is 0. The third-order valence-electron chi connectivity index (χ3n) is 1.77. The minimum atomic E-state index is 0.273. The zero-order valence-electron chi connectivity index (χ0n) is 6.75. The molecule has 0 atom stereocenters. The van der Waals surface area contributed by atoms with E-state index in [9.17, 15) is 4.79 Å². The Kier molecular flexibility index (Phi) is 3.67. The number of allylic oxidation sites excluding steroid dienone is 4. The van der Waals surface area contributed by atoms with E-state index in [0.717, 1.165) is 12.8 Å². The van der Waals surface area contributed by atoms with Crippen LogP contribution in [0.1, 0.15) is 32.1 Å². The summed E-state index contributed by atoms with van der Waals surface area (Å²) in [6.45, 7) is 0. The van der Waals surface area contributed by atoms with Gasteiger partial charge in [-0.1, -0.05) is 18.2 Å². The Morgan fingerprint density at radius 3 is 1.91 bits per heavy atom. The van der Waals surface area contributed by atoms with Crippen LogP contribution in [-0.2, 0) is 4.79 Å². The first-order chi connectivity index (χ1) is 5.39. The van der Waals surface area contributed by atoms with Gasteiger partial charge in [-0.2, -0.15) is 0 Å². The van der Waals surface area contributed by atoms with Crippen molar-refractivity contribution in [2.45, 2.75) is 32.1 Å². The van der Waals surface area contributed by atoms with Crippen LogP contribution in [0.5, 0.6) is 0 Å². The molecule has 0 heterocycles. The summed E-state index contributed by atoms with van der Waals surface area (Å²) in [7, 11) is 0. The molecular formula is C10H14O. The van der Waals surface area contributed by atoms with Crippen molar-refractivity contribution in [2.75, 3.05) is 0 Å². The summed E-state index contributed by atoms with van der Waals surface area (Å²) in [4.78, 5) is 10.2. The summed E-state index contributed by atoms with van der Waals surface area (Å²) in [5, 5.41) is 0. The van der Waals surface area contributed by atoms with Gasteiger partial charge in [-0.05, 0) is 31.8 Å². The molecule has 0 N–H and O–H groups in total. The molecule has 0 aliphatic heterocycles. The second-order valence-corrected chi connectivity index (χ2v) is 2.81. The monoisotopic (exact) mass is 150 g/mol. The minimum absolute atomic E-state index is 0.273. The molecule has 1 heteroatoms. The summed E-state index contributed by atoms with van der Waals surface area (Å²) in [5.74, 6) is 0.273. The summed E-state index contributed by atoms with van der Waals surface area (Å²) in [5.41, 5.74) is 0. The third-order valence-corrected chi connectivity index (χ3v) is 1.77. The fourth-order valence-corrected chi connectivity index (χ4v) is 1.11. The standard InChI is InChI=1S/C5H6O.C5H8/c6-5-3-1-2-4-5;1-2-4-5-3-1/h1,3H,2,4H2;1-2H,3-5H2. The number of hydrogen-bond acceptors (Lipinski definition) is 1. The number of hydrogen-bond donors (Lipinski definition) is 0. The lowest BCUT2D eigenvalue weighted by Crippen LogP contribution is -1.80. The summed E-state index contributed by atoms with van der Waals surface area (Å²) >= 11 is 0. The van der Waals surface area contributed by atoms with Gasteiger partial charge >= 0.3 is 0 Å². The average Bonchev–Trinajstić information content (AvgIpc) is 2.57. The van der Waals surface area contributed by atoms with Crippen molar-refractivity contribution in [1.82, 2.24) is 0 Å². The molecule has 0 saturated carbocycles. The third kappa shape index (κ3) is 3.76. The maximum Gasteiger partial charge on any atom is 0.155 e. The zero-order valence-corrected chi connectivity index (χ0v) is 6.75. The SMILES string of the molecule is C1=CCCC1.O=C1C=CCC1. The van der Waals surface area contributed by atoms with E-state index < -0.39 is 0 Å². The molecule has 0 amide bonds. The number of carbonyl (C=O) groups is 1. The van der Waals surface area contributed by atoms with Gasteiger partial charge in [0, 0.05) is 6.42 Å². The van der Waals surface area contributed by atoms with Crippen LogP contribution in [-0.4, -0.2) is 5.78 Å². The second kappa shape index (κ2) is 4.89. The van der Waals surface area contributed by atoms with E-state index in [1.807, 2.05) is 6.08 Å². The van der Waals surface area contributed by atoms with Gasteiger partial charge in [0.25, 0.3) is 0 Å². The van der Waals surface area contributed by atoms with E-state index in [4.69, 9.17) is 0 Å². The van der Waals surface area contributed by atoms with Gasteiger partial charge in [-0.3, -0.25) is 4.79 Å². The highest BCUT2D eigenvalue weighted by Crippen LogP contribution is 2.05. The maximum absolute atomic E-state index is 10.2. The molecule has 0 bridgehead atoms. The average molecular weight is 150 g/mol. The highest BCUT2D eigenvalue weighted by Gasteiger charge is 1.98. The smallest absolute Gasteiger partial charge is 0.155 e. The molecule has 0 aromatic heterocycles. The molecule has 2 aliphatic carbocycles. The van der Waals surface area contributed by atoms with Crippen LogP contribution < -0.4 is 0 Å². The molecule has 0 saturated heterocycles. The summed E-state index contributed by atoms with van der Waals surface area (Å²) in [6.07, 6.45) is 13.7. The number of carbonyl (C=O) groups excluding carboxylic acids is 1. The van der Waals surface area contributed by atoms with E-state index in [1.165, 1.54) is 19.3 Å². The van der Waals surface area contributed by atoms with Gasteiger partial charge in [0.2, 0.25) is 0 Å². The van der Waals surface area contributed by atoms with Crippen LogP contribution in [0.4, 0.5) is 0 Å². The second-order valence-electron chi connectivity index (χ2n) is 2.81. The first-order valence-electron chi connectivity index (χ1n) is 4.24. The van der Waals surface area contributed by atoms with Crippen LogP contribution in [0.2, 0.25) is 0 Å². The lowest BCUT2D eigenvalue weighted by molar-refractivity contribution is -0.114. The predicted octanol–water partition coefficient (Wildman–Crippen LogP) is 2.63. The predicted molar refractivity (Wildman–Crippen MR) is 46.4 cm³/mol. The Morgan fingerprint density at radius 2 is 1.73 bits per heavy atom. The molecule has 1 nitrogen and oxygen atoms in total. The van der Waals surface area contributed by atoms with Crippen LogP contribution in [0.3, 0.4) is 0 Å². The maximum atomic E-state index is 10.2. The first-order valence-corrected chi connectivity index (χ1v) is 4.24. The van der Waals surface area contributed by atoms with Crippen molar-refractivity contribution < 1.29 is 4.79 Å². The Bertz CT molecular complexity index is 171. The van der Waals surface area contributed by atoms with E-state index in [2.05, 4.69) is 12.2 Å². The molecule has 0 aromatic rings. The van der Waals surface area contributed by atoms with Crippen molar-refractivity contribution in [3.05, 3.63) is 24.3 Å². The largest absolute Gasteiger partial charge is 0.295 e. The molecule has 2 rings (SSSR count). The minimum Gasteiger partial charge on any atom is -0.295 e. The zero-order chi connectivity index (χ0) is 7.94. The van der Waals surface area contributed by atoms with Crippen LogP contribution in [0.25, 0.3) is 0 Å². The van der Waals surface area contributed by atoms with E-state index >= 15 is 0 Å². The van der Waals surface area contributed by atoms with Crippen LogP contribution >= 0.6 is 0 Å². The van der Waals surface area contributed by atoms with E-state index in [0.29, 0.717) is 0 Å². The molecule has 0 fully saturated rings. The van der Waals surface area contributed by atoms with Crippen LogP contribution in [0.15, 0.2) is 24.3 Å². The van der Waals surface area contributed by atoms with Crippen molar-refractivity contribution >= 4 is 5.78 Å². The van der Waals surface area contributed by atoms with Gasteiger partial charge in [-0.15, -0.1) is 0 Å². The molecule has 0 radical (unpaired) electrons. The molecule has 0 spiro atoms. The lowest BCUT2D eigenvalue weighted by atomic mass is 10.3. The van der Waals surface area contributed by atoms with Crippen LogP contribution in [0, 0.1) is 0 Å². The van der Waals surface area contributed by atoms with Crippen molar-refractivity contribution in [3.63, 3.8) is 0 Å². The fourth-order valence-electron chi connectivity index (χ4n) is 1.11. The van der Waals surface area contributed by atoms with E-state index in [1.54, 1.807) is 6.08 Å². The fraction of sp³-hybridized carbons (Fsp3) is 0.500. The normalized spacial score (nSPS) is 20.2. The molecule has 60 valence electrons. The highest BCUT2D eigenvalue weighted by molar-refractivity contribution is 5.91. The van der Waals surface area contributed by atoms with Gasteiger partial charge < -0.3 is 0 Å². The van der Waals surface area contributed by atoms with Gasteiger partial charge in [-0.25, -0.2) is 0 Å².